The summed E-state index contributed by atoms with van der Waals surface area (Å²) in [7, 11) is 0. The summed E-state index contributed by atoms with van der Waals surface area (Å²) in [6.45, 7) is 13.8. The molecular formula is C39H47BrF2N4O4. The number of pyridine rings is 1. The molecule has 8 nitrogen and oxygen atoms in total. The number of carbonyl (C=O) groups is 1. The Hall–Kier alpha value is -3.80. The standard InChI is InChI=1S/C39H47F2N4O4.BrH/c1-3-43(32-24-29(40)23-30(41)25-32)39(47)36-28-44(31-11-10-12-33(26-31)48-4-2)37-27-34(13-14-35(37)38(36)46)49-22-9-7-5-6-8-18-45-19-15-42(16-20-45)17-21-45;/h10-14,23-28H,3-9,15-22H2,1-2H3;1H/q+1;/p-1. The van der Waals surface area contributed by atoms with Crippen LogP contribution in [0, 0.1) is 11.6 Å². The molecule has 7 rings (SSSR count). The molecule has 1 aromatic heterocycles. The first-order valence-corrected chi connectivity index (χ1v) is 17.7. The molecule has 4 aromatic rings. The van der Waals surface area contributed by atoms with Gasteiger partial charge in [0.25, 0.3) is 5.91 Å². The maximum absolute atomic E-state index is 14.1. The van der Waals surface area contributed by atoms with Crippen molar-refractivity contribution in [1.29, 1.82) is 0 Å². The molecule has 4 heterocycles. The van der Waals surface area contributed by atoms with Crippen molar-refractivity contribution in [3.63, 3.8) is 0 Å². The number of carbonyl (C=O) groups excluding carboxylic acids is 1. The summed E-state index contributed by atoms with van der Waals surface area (Å²) in [5, 5.41) is 0.322. The maximum atomic E-state index is 14.1. The monoisotopic (exact) mass is 752 g/mol. The first-order valence-electron chi connectivity index (χ1n) is 17.7. The number of hydrogen-bond acceptors (Lipinski definition) is 5. The highest BCUT2D eigenvalue weighted by molar-refractivity contribution is 6.07. The van der Waals surface area contributed by atoms with Crippen LogP contribution in [0.5, 0.6) is 11.5 Å². The minimum atomic E-state index is -0.809. The first-order chi connectivity index (χ1) is 23.8. The Balaban J connectivity index is 0.00000486. The van der Waals surface area contributed by atoms with Crippen LogP contribution in [0.25, 0.3) is 16.6 Å². The second-order valence-corrected chi connectivity index (χ2v) is 13.2. The van der Waals surface area contributed by atoms with Crippen LogP contribution in [0.2, 0.25) is 0 Å². The Kier molecular flexibility index (Phi) is 12.7. The molecule has 0 saturated carbocycles. The lowest BCUT2D eigenvalue weighted by Gasteiger charge is -2.50. The van der Waals surface area contributed by atoms with Gasteiger partial charge in [0.15, 0.2) is 0 Å². The maximum Gasteiger partial charge on any atom is 0.263 e. The van der Waals surface area contributed by atoms with Gasteiger partial charge in [-0.1, -0.05) is 18.9 Å². The quantitative estimate of drug-likeness (QED) is 0.137. The highest BCUT2D eigenvalue weighted by Gasteiger charge is 2.37. The number of rotatable bonds is 15. The van der Waals surface area contributed by atoms with Gasteiger partial charge in [-0.15, -0.1) is 0 Å². The summed E-state index contributed by atoms with van der Waals surface area (Å²) in [6.07, 6.45) is 7.26. The molecule has 268 valence electrons. The van der Waals surface area contributed by atoms with E-state index in [9.17, 15) is 18.4 Å². The fourth-order valence-electron chi connectivity index (χ4n) is 7.27. The average molecular weight is 754 g/mol. The normalized spacial score (nSPS) is 18.1. The van der Waals surface area contributed by atoms with E-state index in [0.29, 0.717) is 41.3 Å². The van der Waals surface area contributed by atoms with Crippen molar-refractivity contribution in [2.45, 2.75) is 46.0 Å². The number of anilines is 1. The number of benzene rings is 3. The van der Waals surface area contributed by atoms with E-state index >= 15 is 0 Å². The third-order valence-electron chi connectivity index (χ3n) is 10.1. The van der Waals surface area contributed by atoms with Crippen molar-refractivity contribution < 1.29 is 44.5 Å². The first kappa shape index (κ1) is 37.5. The second kappa shape index (κ2) is 16.9. The minimum absolute atomic E-state index is 0. The molecule has 1 amide bonds. The van der Waals surface area contributed by atoms with E-state index in [0.717, 1.165) is 31.0 Å². The van der Waals surface area contributed by atoms with Crippen LogP contribution in [0.4, 0.5) is 14.5 Å². The third-order valence-corrected chi connectivity index (χ3v) is 10.1. The molecule has 3 aliphatic rings. The van der Waals surface area contributed by atoms with E-state index in [-0.39, 0.29) is 34.8 Å². The highest BCUT2D eigenvalue weighted by Crippen LogP contribution is 2.27. The summed E-state index contributed by atoms with van der Waals surface area (Å²) < 4.78 is 43.2. The molecule has 0 aliphatic carbocycles. The summed E-state index contributed by atoms with van der Waals surface area (Å²) in [5.41, 5.74) is 0.682. The number of fused-ring (bicyclic) bond motifs is 4. The Labute approximate surface area is 303 Å². The summed E-state index contributed by atoms with van der Waals surface area (Å²) in [5.74, 6) is -1.00. The van der Waals surface area contributed by atoms with Crippen molar-refractivity contribution >= 4 is 22.5 Å². The van der Waals surface area contributed by atoms with Gasteiger partial charge < -0.3 is 40.4 Å². The number of ether oxygens (including phenoxy) is 2. The van der Waals surface area contributed by atoms with Crippen LogP contribution in [0.15, 0.2) is 71.7 Å². The molecule has 3 saturated heterocycles. The lowest BCUT2D eigenvalue weighted by Crippen LogP contribution is -3.00. The van der Waals surface area contributed by atoms with Crippen LogP contribution in [0.1, 0.15) is 56.3 Å². The number of piperazine rings is 3. The van der Waals surface area contributed by atoms with Gasteiger partial charge in [-0.3, -0.25) is 14.5 Å². The van der Waals surface area contributed by atoms with Crippen molar-refractivity contribution in [2.24, 2.45) is 0 Å². The van der Waals surface area contributed by atoms with E-state index in [1.165, 1.54) is 80.7 Å². The second-order valence-electron chi connectivity index (χ2n) is 13.2. The van der Waals surface area contributed by atoms with Crippen LogP contribution in [-0.4, -0.2) is 85.4 Å². The largest absolute Gasteiger partial charge is 1.00 e. The van der Waals surface area contributed by atoms with Crippen molar-refractivity contribution in [3.8, 4) is 17.2 Å². The van der Waals surface area contributed by atoms with Gasteiger partial charge in [-0.2, -0.15) is 0 Å². The molecule has 0 atom stereocenters. The van der Waals surface area contributed by atoms with Crippen molar-refractivity contribution in [1.82, 2.24) is 9.47 Å². The van der Waals surface area contributed by atoms with Crippen LogP contribution >= 0.6 is 0 Å². The molecule has 2 bridgehead atoms. The Morgan fingerprint density at radius 2 is 1.52 bits per heavy atom. The van der Waals surface area contributed by atoms with Crippen molar-refractivity contribution in [2.75, 3.05) is 70.5 Å². The molecular weight excluding hydrogens is 706 g/mol. The van der Waals surface area contributed by atoms with Gasteiger partial charge in [-0.25, -0.2) is 8.78 Å². The predicted molar refractivity (Wildman–Crippen MR) is 189 cm³/mol. The van der Waals surface area contributed by atoms with Crippen LogP contribution in [-0.2, 0) is 0 Å². The topological polar surface area (TPSA) is 64.0 Å². The number of nitrogens with zero attached hydrogens (tertiary/aromatic N) is 4. The van der Waals surface area contributed by atoms with Gasteiger partial charge in [0.2, 0.25) is 5.43 Å². The summed E-state index contributed by atoms with van der Waals surface area (Å²) >= 11 is 0. The lowest BCUT2D eigenvalue weighted by molar-refractivity contribution is -0.941. The molecule has 50 heavy (non-hydrogen) atoms. The number of amides is 1. The van der Waals surface area contributed by atoms with Gasteiger partial charge in [-0.05, 0) is 69.5 Å². The highest BCUT2D eigenvalue weighted by atomic mass is 79.9. The summed E-state index contributed by atoms with van der Waals surface area (Å²) in [6, 6.07) is 15.6. The van der Waals surface area contributed by atoms with Crippen molar-refractivity contribution in [3.05, 3.63) is 94.3 Å². The average Bonchev–Trinajstić information content (AvgIpc) is 3.10. The smallest absolute Gasteiger partial charge is 0.263 e. The van der Waals surface area contributed by atoms with E-state index in [1.54, 1.807) is 23.6 Å². The van der Waals surface area contributed by atoms with Gasteiger partial charge >= 0.3 is 0 Å². The Bertz CT molecular complexity index is 1810. The fraction of sp³-hybridized carbons (Fsp3) is 0.436. The van der Waals surface area contributed by atoms with Gasteiger partial charge in [0, 0.05) is 67.3 Å². The Morgan fingerprint density at radius 1 is 0.840 bits per heavy atom. The van der Waals surface area contributed by atoms with Crippen LogP contribution < -0.4 is 36.8 Å². The molecule has 3 aromatic carbocycles. The number of aromatic nitrogens is 1. The number of quaternary nitrogens is 1. The Morgan fingerprint density at radius 3 is 2.22 bits per heavy atom. The molecule has 0 spiro atoms. The molecule has 0 N–H and O–H groups in total. The summed E-state index contributed by atoms with van der Waals surface area (Å²) in [4.78, 5) is 31.5. The fourth-order valence-corrected chi connectivity index (χ4v) is 7.27. The van der Waals surface area contributed by atoms with Gasteiger partial charge in [0.1, 0.15) is 28.7 Å². The third kappa shape index (κ3) is 8.55. The zero-order valence-corrected chi connectivity index (χ0v) is 30.6. The SMILES string of the molecule is CCOc1cccc(-n2cc(C(=O)N(CC)c3cc(F)cc(F)c3)c(=O)c3ccc(OCCCCCCC[N+]45CCN(CC4)CC5)cc32)c1.[Br-]. The molecule has 3 fully saturated rings. The molecule has 0 unspecified atom stereocenters. The van der Waals surface area contributed by atoms with Crippen LogP contribution in [0.3, 0.4) is 0 Å². The van der Waals surface area contributed by atoms with E-state index in [1.807, 2.05) is 37.3 Å². The van der Waals surface area contributed by atoms with E-state index < -0.39 is 23.0 Å². The predicted octanol–water partition coefficient (Wildman–Crippen LogP) is 3.81. The van der Waals surface area contributed by atoms with E-state index in [4.69, 9.17) is 9.47 Å². The lowest BCUT2D eigenvalue weighted by atomic mass is 10.1. The van der Waals surface area contributed by atoms with E-state index in [2.05, 4.69) is 4.90 Å². The molecule has 11 heteroatoms. The number of halogens is 3. The number of unbranched alkanes of at least 4 members (excludes halogenated alkanes) is 4. The number of hydrogen-bond donors (Lipinski definition) is 0. The minimum Gasteiger partial charge on any atom is -1.00 e. The zero-order chi connectivity index (χ0) is 34.4. The van der Waals surface area contributed by atoms with Gasteiger partial charge in [0.05, 0.1) is 44.9 Å². The zero-order valence-electron chi connectivity index (χ0n) is 29.0. The molecule has 3 aliphatic heterocycles. The molecule has 0 radical (unpaired) electrons.